The SMILES string of the molecule is CC(C)CC1CCC([C@@H](NC(C)C)C(=O)N2CCN(C3=N[C@@H](c4ccccc4)[C@H](C)O3)C[C@H]2C(=O)CCc2cccs2)CC1. The van der Waals surface area contributed by atoms with Crippen molar-refractivity contribution < 1.29 is 14.3 Å². The lowest BCUT2D eigenvalue weighted by Crippen LogP contribution is -2.64. The van der Waals surface area contributed by atoms with Crippen LogP contribution in [0.2, 0.25) is 0 Å². The second kappa shape index (κ2) is 15.0. The van der Waals surface area contributed by atoms with Gasteiger partial charge in [0.1, 0.15) is 18.2 Å². The minimum absolute atomic E-state index is 0.0794. The molecule has 1 aliphatic carbocycles. The Balaban J connectivity index is 1.34. The van der Waals surface area contributed by atoms with Crippen molar-refractivity contribution in [3.8, 4) is 0 Å². The molecule has 240 valence electrons. The van der Waals surface area contributed by atoms with Crippen LogP contribution in [0, 0.1) is 17.8 Å². The molecule has 1 amide bonds. The number of nitrogens with zero attached hydrogens (tertiary/aromatic N) is 3. The molecule has 1 saturated carbocycles. The highest BCUT2D eigenvalue weighted by Crippen LogP contribution is 2.36. The molecule has 8 heteroatoms. The highest BCUT2D eigenvalue weighted by molar-refractivity contribution is 7.09. The normalized spacial score (nSPS) is 26.5. The maximum absolute atomic E-state index is 14.5. The van der Waals surface area contributed by atoms with Gasteiger partial charge in [-0.05, 0) is 67.4 Å². The first-order valence-corrected chi connectivity index (χ1v) is 17.7. The lowest BCUT2D eigenvalue weighted by atomic mass is 9.75. The number of carbonyl (C=O) groups is 2. The van der Waals surface area contributed by atoms with Crippen LogP contribution >= 0.6 is 11.3 Å². The monoisotopic (exact) mass is 620 g/mol. The third-order valence-corrected chi connectivity index (χ3v) is 10.5. The number of hydrogen-bond acceptors (Lipinski definition) is 7. The van der Waals surface area contributed by atoms with Crippen LogP contribution in [0.3, 0.4) is 0 Å². The largest absolute Gasteiger partial charge is 0.459 e. The quantitative estimate of drug-likeness (QED) is 0.311. The smallest absolute Gasteiger partial charge is 0.288 e. The van der Waals surface area contributed by atoms with Crippen LogP contribution in [0.5, 0.6) is 0 Å². The topological polar surface area (TPSA) is 74.2 Å². The van der Waals surface area contributed by atoms with Gasteiger partial charge in [-0.3, -0.25) is 9.59 Å². The molecule has 3 heterocycles. The summed E-state index contributed by atoms with van der Waals surface area (Å²) in [4.78, 5) is 38.6. The van der Waals surface area contributed by atoms with Crippen molar-refractivity contribution in [1.29, 1.82) is 0 Å². The van der Waals surface area contributed by atoms with Gasteiger partial charge in [0.2, 0.25) is 5.91 Å². The van der Waals surface area contributed by atoms with Crippen molar-refractivity contribution in [1.82, 2.24) is 15.1 Å². The Morgan fingerprint density at radius 3 is 2.43 bits per heavy atom. The number of ether oxygens (including phenoxy) is 1. The summed E-state index contributed by atoms with van der Waals surface area (Å²) >= 11 is 1.68. The Morgan fingerprint density at radius 1 is 1.02 bits per heavy atom. The van der Waals surface area contributed by atoms with E-state index < -0.39 is 6.04 Å². The molecule has 1 saturated heterocycles. The number of rotatable bonds is 11. The summed E-state index contributed by atoms with van der Waals surface area (Å²) in [5.74, 6) is 1.96. The number of amidine groups is 1. The van der Waals surface area contributed by atoms with Crippen LogP contribution < -0.4 is 5.32 Å². The van der Waals surface area contributed by atoms with Gasteiger partial charge in [0.05, 0.1) is 6.04 Å². The number of hydrogen-bond donors (Lipinski definition) is 1. The van der Waals surface area contributed by atoms with Crippen LogP contribution in [0.1, 0.15) is 89.6 Å². The van der Waals surface area contributed by atoms with E-state index in [0.717, 1.165) is 24.3 Å². The number of benzene rings is 1. The molecular formula is C36H52N4O3S. The number of aliphatic imine (C=N–C) groups is 1. The van der Waals surface area contributed by atoms with Crippen molar-refractivity contribution >= 4 is 29.0 Å². The minimum Gasteiger partial charge on any atom is -0.459 e. The molecule has 5 rings (SSSR count). The number of piperazine rings is 1. The van der Waals surface area contributed by atoms with Gasteiger partial charge >= 0.3 is 0 Å². The number of ketones is 1. The number of amides is 1. The maximum atomic E-state index is 14.5. The van der Waals surface area contributed by atoms with E-state index in [1.807, 2.05) is 29.2 Å². The third kappa shape index (κ3) is 8.11. The molecule has 0 bridgehead atoms. The van der Waals surface area contributed by atoms with Crippen molar-refractivity contribution in [2.24, 2.45) is 22.7 Å². The van der Waals surface area contributed by atoms with Crippen molar-refractivity contribution in [2.45, 2.75) is 110 Å². The van der Waals surface area contributed by atoms with E-state index >= 15 is 0 Å². The Morgan fingerprint density at radius 2 is 1.77 bits per heavy atom. The van der Waals surface area contributed by atoms with E-state index in [1.54, 1.807) is 11.3 Å². The molecule has 2 aromatic rings. The molecule has 1 aromatic heterocycles. The summed E-state index contributed by atoms with van der Waals surface area (Å²) in [6, 6.07) is 14.3. The van der Waals surface area contributed by atoms with E-state index in [0.29, 0.717) is 50.3 Å². The number of Topliss-reactive ketones (excluding diaryl/α,β-unsaturated/α-hetero) is 1. The van der Waals surface area contributed by atoms with E-state index in [4.69, 9.17) is 9.73 Å². The molecule has 7 nitrogen and oxygen atoms in total. The highest BCUT2D eigenvalue weighted by Gasteiger charge is 2.43. The van der Waals surface area contributed by atoms with Crippen LogP contribution in [0.15, 0.2) is 52.8 Å². The Bertz CT molecular complexity index is 1240. The number of aryl methyl sites for hydroxylation is 1. The highest BCUT2D eigenvalue weighted by atomic mass is 32.1. The predicted molar refractivity (Wildman–Crippen MR) is 179 cm³/mol. The average Bonchev–Trinajstić information content (AvgIpc) is 3.68. The van der Waals surface area contributed by atoms with E-state index in [-0.39, 0.29) is 35.9 Å². The Labute approximate surface area is 268 Å². The molecule has 1 aromatic carbocycles. The van der Waals surface area contributed by atoms with Gasteiger partial charge < -0.3 is 19.9 Å². The van der Waals surface area contributed by atoms with Gasteiger partial charge in [0, 0.05) is 37.0 Å². The van der Waals surface area contributed by atoms with Crippen LogP contribution in [-0.2, 0) is 20.7 Å². The summed E-state index contributed by atoms with van der Waals surface area (Å²) in [5, 5.41) is 5.70. The molecule has 0 radical (unpaired) electrons. The van der Waals surface area contributed by atoms with Crippen molar-refractivity contribution in [3.63, 3.8) is 0 Å². The van der Waals surface area contributed by atoms with Crippen LogP contribution in [-0.4, -0.2) is 71.4 Å². The van der Waals surface area contributed by atoms with E-state index in [9.17, 15) is 9.59 Å². The van der Waals surface area contributed by atoms with Crippen LogP contribution in [0.25, 0.3) is 0 Å². The van der Waals surface area contributed by atoms with Gasteiger partial charge in [-0.25, -0.2) is 4.99 Å². The Kier molecular flexibility index (Phi) is 11.2. The Hall–Kier alpha value is -2.71. The van der Waals surface area contributed by atoms with Crippen molar-refractivity contribution in [3.05, 3.63) is 58.3 Å². The lowest BCUT2D eigenvalue weighted by Gasteiger charge is -2.44. The first kappa shape index (κ1) is 32.7. The third-order valence-electron chi connectivity index (χ3n) is 9.58. The zero-order valence-corrected chi connectivity index (χ0v) is 28.1. The van der Waals surface area contributed by atoms with E-state index in [1.165, 1.54) is 24.1 Å². The lowest BCUT2D eigenvalue weighted by molar-refractivity contribution is -0.145. The first-order chi connectivity index (χ1) is 21.2. The zero-order valence-electron chi connectivity index (χ0n) is 27.3. The number of nitrogens with one attached hydrogen (secondary N) is 1. The van der Waals surface area contributed by atoms with Crippen molar-refractivity contribution in [2.75, 3.05) is 19.6 Å². The summed E-state index contributed by atoms with van der Waals surface area (Å²) in [7, 11) is 0. The minimum atomic E-state index is -0.526. The second-order valence-electron chi connectivity index (χ2n) is 13.8. The summed E-state index contributed by atoms with van der Waals surface area (Å²) in [6.07, 6.45) is 6.78. The summed E-state index contributed by atoms with van der Waals surface area (Å²) in [6.45, 7) is 12.4. The molecule has 3 aliphatic rings. The van der Waals surface area contributed by atoms with Gasteiger partial charge in [-0.15, -0.1) is 11.3 Å². The summed E-state index contributed by atoms with van der Waals surface area (Å²) < 4.78 is 6.29. The van der Waals surface area contributed by atoms with Crippen LogP contribution in [0.4, 0.5) is 0 Å². The van der Waals surface area contributed by atoms with Gasteiger partial charge in [-0.2, -0.15) is 0 Å². The fourth-order valence-electron chi connectivity index (χ4n) is 7.37. The molecule has 44 heavy (non-hydrogen) atoms. The summed E-state index contributed by atoms with van der Waals surface area (Å²) in [5.41, 5.74) is 1.12. The molecule has 2 fully saturated rings. The molecular weight excluding hydrogens is 568 g/mol. The molecule has 1 N–H and O–H groups in total. The van der Waals surface area contributed by atoms with Gasteiger partial charge in [0.15, 0.2) is 5.78 Å². The fraction of sp³-hybridized carbons (Fsp3) is 0.639. The molecule has 4 atom stereocenters. The number of thiophene rings is 1. The molecule has 0 spiro atoms. The number of carbonyl (C=O) groups excluding carboxylic acids is 2. The maximum Gasteiger partial charge on any atom is 0.288 e. The zero-order chi connectivity index (χ0) is 31.2. The fourth-order valence-corrected chi connectivity index (χ4v) is 8.08. The van der Waals surface area contributed by atoms with Gasteiger partial charge in [-0.1, -0.05) is 76.9 Å². The average molecular weight is 621 g/mol. The van der Waals surface area contributed by atoms with Gasteiger partial charge in [0.25, 0.3) is 6.02 Å². The first-order valence-electron chi connectivity index (χ1n) is 16.9. The standard InChI is InChI=1S/C36H52N4O3S/c1-24(2)22-27-13-15-29(16-14-27)34(37-25(3)4)35(42)40-20-19-39(23-31(40)32(41)18-17-30-12-9-21-44-30)36-38-33(26(5)43-36)28-10-7-6-8-11-28/h6-12,21,24-27,29,31,33-34,37H,13-20,22-23H2,1-5H3/t26-,27?,29?,31-,33+,34+/m0/s1. The predicted octanol–water partition coefficient (Wildman–Crippen LogP) is 6.50. The molecule has 0 unspecified atom stereocenters. The second-order valence-corrected chi connectivity index (χ2v) is 14.9. The van der Waals surface area contributed by atoms with E-state index in [2.05, 4.69) is 68.4 Å². The molecule has 2 aliphatic heterocycles.